The van der Waals surface area contributed by atoms with Crippen molar-refractivity contribution in [1.29, 1.82) is 0 Å². The van der Waals surface area contributed by atoms with Crippen molar-refractivity contribution in [3.8, 4) is 21.3 Å². The van der Waals surface area contributed by atoms with Crippen LogP contribution in [0.25, 0.3) is 26.9 Å². The van der Waals surface area contributed by atoms with Crippen LogP contribution in [0.1, 0.15) is 17.5 Å². The average molecular weight is 550 g/mol. The van der Waals surface area contributed by atoms with Gasteiger partial charge in [-0.15, -0.1) is 10.2 Å². The van der Waals surface area contributed by atoms with Crippen LogP contribution in [0.4, 0.5) is 17.6 Å². The molecule has 1 aromatic carbocycles. The zero-order valence-corrected chi connectivity index (χ0v) is 18.8. The van der Waals surface area contributed by atoms with E-state index < -0.39 is 23.5 Å². The van der Waals surface area contributed by atoms with Gasteiger partial charge in [0.05, 0.1) is 15.1 Å². The summed E-state index contributed by atoms with van der Waals surface area (Å²) in [4.78, 5) is 15.0. The number of rotatable bonds is 5. The van der Waals surface area contributed by atoms with Crippen molar-refractivity contribution in [3.05, 3.63) is 57.0 Å². The van der Waals surface area contributed by atoms with Crippen LogP contribution in [-0.4, -0.2) is 30.7 Å². The molecule has 0 spiro atoms. The summed E-state index contributed by atoms with van der Waals surface area (Å²) >= 11 is 10.4. The van der Waals surface area contributed by atoms with E-state index in [4.69, 9.17) is 16.7 Å². The fourth-order valence-electron chi connectivity index (χ4n) is 2.94. The monoisotopic (exact) mass is 548 g/mol. The Balaban J connectivity index is 1.68. The average Bonchev–Trinajstić information content (AvgIpc) is 3.34. The molecule has 0 atom stereocenters. The van der Waals surface area contributed by atoms with E-state index in [1.54, 1.807) is 0 Å². The molecule has 3 heterocycles. The number of nitrogens with zero attached hydrogens (tertiary/aromatic N) is 4. The SMILES string of the molecule is O=C(O)CCc1cc(Cl)c(-c2nnc(-c3cn4cc(C(F)(F)F)cc(Br)c4n3)s2)cc1F. The summed E-state index contributed by atoms with van der Waals surface area (Å²) in [5.74, 6) is -1.68. The minimum atomic E-state index is -4.52. The Hall–Kier alpha value is -2.57. The predicted molar refractivity (Wildman–Crippen MR) is 113 cm³/mol. The smallest absolute Gasteiger partial charge is 0.417 e. The fraction of sp³-hybridized carbons (Fsp3) is 0.158. The summed E-state index contributed by atoms with van der Waals surface area (Å²) < 4.78 is 55.0. The Morgan fingerprint density at radius 1 is 1.19 bits per heavy atom. The molecule has 0 bridgehead atoms. The van der Waals surface area contributed by atoms with E-state index in [2.05, 4.69) is 31.1 Å². The Bertz CT molecular complexity index is 1360. The number of aromatic nitrogens is 4. The number of imidazole rings is 1. The lowest BCUT2D eigenvalue weighted by molar-refractivity contribution is -0.138. The number of aliphatic carboxylic acids is 1. The van der Waals surface area contributed by atoms with Crippen LogP contribution < -0.4 is 0 Å². The van der Waals surface area contributed by atoms with Crippen LogP contribution in [-0.2, 0) is 17.4 Å². The number of aryl methyl sites for hydroxylation is 1. The maximum absolute atomic E-state index is 14.4. The van der Waals surface area contributed by atoms with Gasteiger partial charge in [0.15, 0.2) is 10.7 Å². The van der Waals surface area contributed by atoms with Crippen molar-refractivity contribution in [2.24, 2.45) is 0 Å². The number of halogens is 6. The Morgan fingerprint density at radius 2 is 1.91 bits per heavy atom. The Morgan fingerprint density at radius 3 is 2.59 bits per heavy atom. The van der Waals surface area contributed by atoms with E-state index in [1.165, 1.54) is 16.7 Å². The summed E-state index contributed by atoms with van der Waals surface area (Å²) in [7, 11) is 0. The summed E-state index contributed by atoms with van der Waals surface area (Å²) in [5, 5.41) is 17.5. The summed E-state index contributed by atoms with van der Waals surface area (Å²) in [6.07, 6.45) is -2.47. The summed E-state index contributed by atoms with van der Waals surface area (Å²) in [5.41, 5.74) is 0.122. The third-order valence-corrected chi connectivity index (χ3v) is 6.33. The molecule has 1 N–H and O–H groups in total. The lowest BCUT2D eigenvalue weighted by Gasteiger charge is -2.07. The number of alkyl halides is 3. The standard InChI is InChI=1S/C19H10BrClF4N4O2S/c20-11-4-9(19(23,24)25)6-29-7-14(26-16(11)29)18-28-27-17(32-18)10-5-13(22)8(3-12(10)21)1-2-15(30)31/h3-7H,1-2H2,(H,30,31). The molecule has 0 fully saturated rings. The number of pyridine rings is 1. The quantitative estimate of drug-likeness (QED) is 0.304. The first kappa shape index (κ1) is 22.6. The first-order valence-corrected chi connectivity index (χ1v) is 10.8. The highest BCUT2D eigenvalue weighted by molar-refractivity contribution is 9.10. The molecule has 0 radical (unpaired) electrons. The summed E-state index contributed by atoms with van der Waals surface area (Å²) in [6.45, 7) is 0. The zero-order chi connectivity index (χ0) is 23.2. The van der Waals surface area contributed by atoms with Gasteiger partial charge < -0.3 is 9.51 Å². The first-order valence-electron chi connectivity index (χ1n) is 8.82. The minimum absolute atomic E-state index is 0.0153. The number of carboxylic acids is 1. The first-order chi connectivity index (χ1) is 15.0. The topological polar surface area (TPSA) is 80.4 Å². The molecule has 3 aromatic heterocycles. The normalized spacial score (nSPS) is 11.9. The van der Waals surface area contributed by atoms with Gasteiger partial charge in [-0.2, -0.15) is 13.2 Å². The molecule has 166 valence electrons. The predicted octanol–water partition coefficient (Wildman–Crippen LogP) is 6.11. The Labute approximate surface area is 194 Å². The second kappa shape index (κ2) is 8.41. The van der Waals surface area contributed by atoms with E-state index in [-0.39, 0.29) is 49.8 Å². The van der Waals surface area contributed by atoms with Gasteiger partial charge in [-0.05, 0) is 46.1 Å². The van der Waals surface area contributed by atoms with Crippen molar-refractivity contribution in [1.82, 2.24) is 19.6 Å². The largest absolute Gasteiger partial charge is 0.481 e. The molecular weight excluding hydrogens is 540 g/mol. The molecule has 0 aliphatic carbocycles. The molecule has 4 rings (SSSR count). The molecule has 6 nitrogen and oxygen atoms in total. The molecule has 0 amide bonds. The molecule has 0 aliphatic heterocycles. The highest BCUT2D eigenvalue weighted by Crippen LogP contribution is 2.37. The second-order valence-corrected chi connectivity index (χ2v) is 8.90. The molecular formula is C19H10BrClF4N4O2S. The van der Waals surface area contributed by atoms with Crippen LogP contribution in [0, 0.1) is 5.82 Å². The number of benzene rings is 1. The highest BCUT2D eigenvalue weighted by atomic mass is 79.9. The molecule has 0 unspecified atom stereocenters. The third kappa shape index (κ3) is 4.48. The summed E-state index contributed by atoms with van der Waals surface area (Å²) in [6, 6.07) is 3.43. The lowest BCUT2D eigenvalue weighted by Crippen LogP contribution is -2.06. The number of fused-ring (bicyclic) bond motifs is 1. The molecule has 4 aromatic rings. The van der Waals surface area contributed by atoms with Crippen molar-refractivity contribution in [2.45, 2.75) is 19.0 Å². The molecule has 0 saturated carbocycles. The van der Waals surface area contributed by atoms with Crippen molar-refractivity contribution in [3.63, 3.8) is 0 Å². The van der Waals surface area contributed by atoms with Gasteiger partial charge in [-0.25, -0.2) is 9.37 Å². The van der Waals surface area contributed by atoms with Gasteiger partial charge in [0.25, 0.3) is 0 Å². The van der Waals surface area contributed by atoms with Crippen LogP contribution in [0.3, 0.4) is 0 Å². The molecule has 32 heavy (non-hydrogen) atoms. The number of carbonyl (C=O) groups is 1. The van der Waals surface area contributed by atoms with Crippen LogP contribution in [0.15, 0.2) is 35.1 Å². The number of hydrogen-bond donors (Lipinski definition) is 1. The molecule has 0 aliphatic rings. The minimum Gasteiger partial charge on any atom is -0.481 e. The van der Waals surface area contributed by atoms with Crippen LogP contribution >= 0.6 is 38.9 Å². The maximum atomic E-state index is 14.4. The fourth-order valence-corrected chi connectivity index (χ4v) is 4.64. The van der Waals surface area contributed by atoms with Crippen molar-refractivity contribution >= 4 is 50.5 Å². The van der Waals surface area contributed by atoms with E-state index in [9.17, 15) is 22.4 Å². The highest BCUT2D eigenvalue weighted by Gasteiger charge is 2.32. The van der Waals surface area contributed by atoms with Gasteiger partial charge in [-0.3, -0.25) is 4.79 Å². The molecule has 0 saturated heterocycles. The van der Waals surface area contributed by atoms with Crippen LogP contribution in [0.2, 0.25) is 5.02 Å². The van der Waals surface area contributed by atoms with Gasteiger partial charge >= 0.3 is 12.1 Å². The van der Waals surface area contributed by atoms with Gasteiger partial charge in [-0.1, -0.05) is 22.9 Å². The van der Waals surface area contributed by atoms with E-state index in [0.717, 1.165) is 29.7 Å². The Kier molecular flexibility index (Phi) is 5.94. The maximum Gasteiger partial charge on any atom is 0.417 e. The van der Waals surface area contributed by atoms with Gasteiger partial charge in [0.1, 0.15) is 16.5 Å². The van der Waals surface area contributed by atoms with Gasteiger partial charge in [0, 0.05) is 24.4 Å². The third-order valence-electron chi connectivity index (χ3n) is 4.45. The molecule has 13 heteroatoms. The van der Waals surface area contributed by atoms with Crippen molar-refractivity contribution in [2.75, 3.05) is 0 Å². The van der Waals surface area contributed by atoms with Crippen LogP contribution in [0.5, 0.6) is 0 Å². The zero-order valence-electron chi connectivity index (χ0n) is 15.6. The van der Waals surface area contributed by atoms with E-state index in [1.807, 2.05) is 0 Å². The second-order valence-electron chi connectivity index (χ2n) is 6.66. The number of hydrogen-bond acceptors (Lipinski definition) is 5. The van der Waals surface area contributed by atoms with Gasteiger partial charge in [0.2, 0.25) is 0 Å². The van der Waals surface area contributed by atoms with E-state index >= 15 is 0 Å². The van der Waals surface area contributed by atoms with Crippen molar-refractivity contribution < 1.29 is 27.5 Å². The van der Waals surface area contributed by atoms with E-state index in [0.29, 0.717) is 5.01 Å². The lowest BCUT2D eigenvalue weighted by atomic mass is 10.1. The number of carboxylic acid groups (broad SMARTS) is 1.